The minimum Gasteiger partial charge on any atom is -0.288 e. The maximum Gasteiger partial charge on any atom is 0.266 e. The topological polar surface area (TPSA) is 20.3 Å². The maximum absolute atomic E-state index is 12.5. The number of carbonyl (C=O) groups excluding carboxylic acids is 1. The molecule has 2 nitrogen and oxygen atoms in total. The molecule has 0 saturated carbocycles. The third-order valence-electron chi connectivity index (χ3n) is 3.25. The Balaban J connectivity index is 1.84. The predicted molar refractivity (Wildman–Crippen MR) is 96.6 cm³/mol. The van der Waals surface area contributed by atoms with Gasteiger partial charge in [0.15, 0.2) is 0 Å². The number of rotatable bonds is 3. The number of carbonyl (C=O) groups is 1. The fraction of sp³-hybridized carbons (Fsp3) is 0.0588. The summed E-state index contributed by atoms with van der Waals surface area (Å²) in [4.78, 5) is 14.8. The molecule has 0 aromatic heterocycles. The largest absolute Gasteiger partial charge is 0.288 e. The third-order valence-corrected chi connectivity index (χ3v) is 4.97. The molecule has 1 amide bonds. The third kappa shape index (κ3) is 3.24. The van der Waals surface area contributed by atoms with Gasteiger partial charge in [0.1, 0.15) is 4.32 Å². The van der Waals surface area contributed by atoms with Crippen LogP contribution in [-0.2, 0) is 11.3 Å². The quantitative estimate of drug-likeness (QED) is 0.592. The van der Waals surface area contributed by atoms with Gasteiger partial charge in [-0.15, -0.1) is 0 Å². The standard InChI is InChI=1S/C17H12ClNOS2/c18-14-9-5-4-8-13(14)10-15-16(20)19(17(21)22-15)11-12-6-2-1-3-7-12/h1-10H,11H2/b15-10-. The molecule has 0 N–H and O–H groups in total. The van der Waals surface area contributed by atoms with Gasteiger partial charge in [-0.3, -0.25) is 9.69 Å². The van der Waals surface area contributed by atoms with E-state index < -0.39 is 0 Å². The summed E-state index contributed by atoms with van der Waals surface area (Å²) in [5, 5.41) is 0.621. The lowest BCUT2D eigenvalue weighted by atomic mass is 10.2. The van der Waals surface area contributed by atoms with Crippen molar-refractivity contribution in [1.82, 2.24) is 4.90 Å². The molecule has 3 rings (SSSR count). The summed E-state index contributed by atoms with van der Waals surface area (Å²) in [6.07, 6.45) is 1.80. The van der Waals surface area contributed by atoms with Crippen LogP contribution in [0.3, 0.4) is 0 Å². The Labute approximate surface area is 143 Å². The lowest BCUT2D eigenvalue weighted by Gasteiger charge is -2.14. The van der Waals surface area contributed by atoms with Crippen LogP contribution < -0.4 is 0 Å². The van der Waals surface area contributed by atoms with Gasteiger partial charge in [-0.2, -0.15) is 0 Å². The number of halogens is 1. The number of hydrogen-bond donors (Lipinski definition) is 0. The molecule has 0 atom stereocenters. The van der Waals surface area contributed by atoms with Crippen LogP contribution in [0, 0.1) is 0 Å². The Morgan fingerprint density at radius 2 is 1.77 bits per heavy atom. The first-order valence-electron chi connectivity index (χ1n) is 6.69. The Kier molecular flexibility index (Phi) is 4.62. The molecule has 0 bridgehead atoms. The van der Waals surface area contributed by atoms with Gasteiger partial charge in [0.25, 0.3) is 5.91 Å². The van der Waals surface area contributed by atoms with Gasteiger partial charge in [-0.1, -0.05) is 84.1 Å². The summed E-state index contributed by atoms with van der Waals surface area (Å²) >= 11 is 12.8. The average molecular weight is 346 g/mol. The van der Waals surface area contributed by atoms with E-state index in [-0.39, 0.29) is 5.91 Å². The van der Waals surface area contributed by atoms with Gasteiger partial charge in [-0.05, 0) is 23.3 Å². The molecule has 2 aromatic carbocycles. The Morgan fingerprint density at radius 3 is 2.50 bits per heavy atom. The summed E-state index contributed by atoms with van der Waals surface area (Å²) in [6, 6.07) is 17.3. The van der Waals surface area contributed by atoms with Crippen LogP contribution in [0.25, 0.3) is 6.08 Å². The fourth-order valence-corrected chi connectivity index (χ4v) is 3.57. The second-order valence-corrected chi connectivity index (χ2v) is 6.86. The van der Waals surface area contributed by atoms with Crippen molar-refractivity contribution in [3.05, 3.63) is 75.7 Å². The summed E-state index contributed by atoms with van der Waals surface area (Å²) in [5.41, 5.74) is 1.88. The minimum absolute atomic E-state index is 0.0706. The molecular weight excluding hydrogens is 334 g/mol. The average Bonchev–Trinajstić information content (AvgIpc) is 2.78. The minimum atomic E-state index is -0.0706. The van der Waals surface area contributed by atoms with Crippen LogP contribution in [0.2, 0.25) is 5.02 Å². The fourth-order valence-electron chi connectivity index (χ4n) is 2.14. The summed E-state index contributed by atoms with van der Waals surface area (Å²) in [6.45, 7) is 0.491. The number of nitrogens with zero attached hydrogens (tertiary/aromatic N) is 1. The van der Waals surface area contributed by atoms with E-state index in [1.165, 1.54) is 11.8 Å². The smallest absolute Gasteiger partial charge is 0.266 e. The van der Waals surface area contributed by atoms with E-state index in [1.54, 1.807) is 17.0 Å². The Hall–Kier alpha value is -1.62. The van der Waals surface area contributed by atoms with Crippen LogP contribution in [0.15, 0.2) is 59.5 Å². The van der Waals surface area contributed by atoms with E-state index in [9.17, 15) is 4.79 Å². The molecule has 0 spiro atoms. The zero-order valence-corrected chi connectivity index (χ0v) is 13.9. The first-order chi connectivity index (χ1) is 10.6. The van der Waals surface area contributed by atoms with E-state index in [1.807, 2.05) is 48.5 Å². The summed E-state index contributed by atoms with van der Waals surface area (Å²) < 4.78 is 0.576. The predicted octanol–water partition coefficient (Wildman–Crippen LogP) is 4.74. The van der Waals surface area contributed by atoms with Crippen molar-refractivity contribution in [3.8, 4) is 0 Å². The van der Waals surface area contributed by atoms with Crippen LogP contribution in [0.4, 0.5) is 0 Å². The first kappa shape index (κ1) is 15.3. The van der Waals surface area contributed by atoms with Crippen molar-refractivity contribution in [2.75, 3.05) is 0 Å². The van der Waals surface area contributed by atoms with Crippen molar-refractivity contribution in [2.45, 2.75) is 6.54 Å². The van der Waals surface area contributed by atoms with Gasteiger partial charge in [-0.25, -0.2) is 0 Å². The number of hydrogen-bond acceptors (Lipinski definition) is 3. The highest BCUT2D eigenvalue weighted by Crippen LogP contribution is 2.34. The van der Waals surface area contributed by atoms with Gasteiger partial charge < -0.3 is 0 Å². The van der Waals surface area contributed by atoms with Crippen LogP contribution in [0.5, 0.6) is 0 Å². The van der Waals surface area contributed by atoms with Gasteiger partial charge in [0.05, 0.1) is 11.4 Å². The van der Waals surface area contributed by atoms with Crippen molar-refractivity contribution >= 4 is 51.9 Å². The van der Waals surface area contributed by atoms with Crippen molar-refractivity contribution in [3.63, 3.8) is 0 Å². The van der Waals surface area contributed by atoms with E-state index >= 15 is 0 Å². The molecule has 1 heterocycles. The Bertz CT molecular complexity index is 758. The van der Waals surface area contributed by atoms with Crippen molar-refractivity contribution in [2.24, 2.45) is 0 Å². The van der Waals surface area contributed by atoms with Crippen molar-refractivity contribution < 1.29 is 4.79 Å². The molecule has 1 fully saturated rings. The van der Waals surface area contributed by atoms with E-state index in [0.29, 0.717) is 20.8 Å². The van der Waals surface area contributed by atoms with Crippen molar-refractivity contribution in [1.29, 1.82) is 0 Å². The monoisotopic (exact) mass is 345 g/mol. The highest BCUT2D eigenvalue weighted by molar-refractivity contribution is 8.26. The molecule has 0 radical (unpaired) electrons. The second-order valence-electron chi connectivity index (χ2n) is 4.77. The van der Waals surface area contributed by atoms with Gasteiger partial charge >= 0.3 is 0 Å². The van der Waals surface area contributed by atoms with E-state index in [4.69, 9.17) is 23.8 Å². The van der Waals surface area contributed by atoms with Crippen LogP contribution in [0.1, 0.15) is 11.1 Å². The zero-order chi connectivity index (χ0) is 15.5. The SMILES string of the molecule is O=C1/C(=C/c2ccccc2Cl)SC(=S)N1Cc1ccccc1. The highest BCUT2D eigenvalue weighted by Gasteiger charge is 2.32. The molecule has 1 aliphatic heterocycles. The zero-order valence-electron chi connectivity index (χ0n) is 11.5. The second kappa shape index (κ2) is 6.65. The molecule has 5 heteroatoms. The summed E-state index contributed by atoms with van der Waals surface area (Å²) in [5.74, 6) is -0.0706. The first-order valence-corrected chi connectivity index (χ1v) is 8.29. The van der Waals surface area contributed by atoms with Crippen LogP contribution in [-0.4, -0.2) is 15.1 Å². The lowest BCUT2D eigenvalue weighted by molar-refractivity contribution is -0.122. The number of benzene rings is 2. The molecule has 1 saturated heterocycles. The normalized spacial score (nSPS) is 16.6. The lowest BCUT2D eigenvalue weighted by Crippen LogP contribution is -2.27. The molecule has 110 valence electrons. The van der Waals surface area contributed by atoms with Gasteiger partial charge in [0, 0.05) is 5.02 Å². The Morgan fingerprint density at radius 1 is 1.09 bits per heavy atom. The number of thiocarbonyl (C=S) groups is 1. The van der Waals surface area contributed by atoms with E-state index in [0.717, 1.165) is 11.1 Å². The van der Waals surface area contributed by atoms with Crippen LogP contribution >= 0.6 is 35.6 Å². The molecular formula is C17H12ClNOS2. The molecule has 22 heavy (non-hydrogen) atoms. The number of amides is 1. The molecule has 1 aliphatic rings. The number of thioether (sulfide) groups is 1. The van der Waals surface area contributed by atoms with Gasteiger partial charge in [0.2, 0.25) is 0 Å². The molecule has 0 unspecified atom stereocenters. The maximum atomic E-state index is 12.5. The highest BCUT2D eigenvalue weighted by atomic mass is 35.5. The summed E-state index contributed by atoms with van der Waals surface area (Å²) in [7, 11) is 0. The van der Waals surface area contributed by atoms with E-state index in [2.05, 4.69) is 0 Å². The molecule has 2 aromatic rings. The molecule has 0 aliphatic carbocycles.